The number of hydrogen-bond acceptors (Lipinski definition) is 4. The minimum atomic E-state index is -1.26. The van der Waals surface area contributed by atoms with Crippen molar-refractivity contribution in [2.75, 3.05) is 0 Å². The molecule has 0 aromatic carbocycles. The van der Waals surface area contributed by atoms with Crippen molar-refractivity contribution >= 4 is 11.8 Å². The maximum absolute atomic E-state index is 11.0. The minimum absolute atomic E-state index is 0.621. The van der Waals surface area contributed by atoms with Gasteiger partial charge in [0.15, 0.2) is 11.8 Å². The van der Waals surface area contributed by atoms with Gasteiger partial charge in [-0.05, 0) is 20.8 Å². The van der Waals surface area contributed by atoms with Crippen molar-refractivity contribution in [2.24, 2.45) is 5.73 Å². The lowest BCUT2D eigenvalue weighted by Crippen LogP contribution is -2.42. The molecule has 4 heteroatoms. The van der Waals surface area contributed by atoms with Crippen LogP contribution in [0, 0.1) is 6.92 Å². The highest BCUT2D eigenvalue weighted by Crippen LogP contribution is 2.07. The van der Waals surface area contributed by atoms with Crippen molar-refractivity contribution in [3.63, 3.8) is 0 Å². The van der Waals surface area contributed by atoms with Gasteiger partial charge >= 0.3 is 5.97 Å². The minimum Gasteiger partial charge on any atom is -0.458 e. The molecule has 0 aliphatic carbocycles. The van der Waals surface area contributed by atoms with E-state index in [4.69, 9.17) is 10.5 Å². The van der Waals surface area contributed by atoms with Crippen LogP contribution in [0.15, 0.2) is 0 Å². The number of ketones is 1. The van der Waals surface area contributed by atoms with E-state index in [0.717, 1.165) is 0 Å². The Labute approximate surface area is 72.1 Å². The SMILES string of the molecule is [CH2]C(=O)C(N)C(=O)OC(C)(C)C. The van der Waals surface area contributed by atoms with Gasteiger partial charge in [-0.25, -0.2) is 4.79 Å². The quantitative estimate of drug-likeness (QED) is 0.472. The summed E-state index contributed by atoms with van der Waals surface area (Å²) in [5.74, 6) is -1.37. The van der Waals surface area contributed by atoms with Gasteiger partial charge in [-0.2, -0.15) is 0 Å². The molecule has 1 radical (unpaired) electrons. The largest absolute Gasteiger partial charge is 0.458 e. The number of rotatable bonds is 2. The van der Waals surface area contributed by atoms with E-state index in [1.165, 1.54) is 0 Å². The topological polar surface area (TPSA) is 69.4 Å². The standard InChI is InChI=1S/C8H14NO3/c1-5(10)6(9)7(11)12-8(2,3)4/h6H,1,9H2,2-4H3. The maximum Gasteiger partial charge on any atom is 0.331 e. The molecule has 1 unspecified atom stereocenters. The maximum atomic E-state index is 11.0. The van der Waals surface area contributed by atoms with Gasteiger partial charge in [0.25, 0.3) is 0 Å². The van der Waals surface area contributed by atoms with Crippen LogP contribution in [0.1, 0.15) is 20.8 Å². The van der Waals surface area contributed by atoms with Crippen molar-refractivity contribution in [3.05, 3.63) is 6.92 Å². The lowest BCUT2D eigenvalue weighted by Gasteiger charge is -2.21. The second kappa shape index (κ2) is 3.67. The van der Waals surface area contributed by atoms with Gasteiger partial charge in [-0.1, -0.05) is 0 Å². The summed E-state index contributed by atoms with van der Waals surface area (Å²) >= 11 is 0. The van der Waals surface area contributed by atoms with Crippen LogP contribution in [0.3, 0.4) is 0 Å². The van der Waals surface area contributed by atoms with Crippen LogP contribution in [-0.4, -0.2) is 23.4 Å². The summed E-state index contributed by atoms with van der Waals surface area (Å²) in [6, 6.07) is -1.26. The van der Waals surface area contributed by atoms with E-state index in [-0.39, 0.29) is 0 Å². The molecule has 4 nitrogen and oxygen atoms in total. The van der Waals surface area contributed by atoms with E-state index in [0.29, 0.717) is 0 Å². The van der Waals surface area contributed by atoms with Crippen LogP contribution in [0.5, 0.6) is 0 Å². The number of hydrogen-bond donors (Lipinski definition) is 1. The zero-order chi connectivity index (χ0) is 9.94. The number of carbonyl (C=O) groups excluding carboxylic acids is 2. The van der Waals surface area contributed by atoms with Gasteiger partial charge in [0.2, 0.25) is 0 Å². The molecule has 0 amide bonds. The van der Waals surface area contributed by atoms with Crippen molar-refractivity contribution < 1.29 is 14.3 Å². The van der Waals surface area contributed by atoms with Crippen molar-refractivity contribution in [2.45, 2.75) is 32.4 Å². The van der Waals surface area contributed by atoms with E-state index >= 15 is 0 Å². The predicted molar refractivity (Wildman–Crippen MR) is 44.2 cm³/mol. The van der Waals surface area contributed by atoms with Crippen molar-refractivity contribution in [1.29, 1.82) is 0 Å². The fourth-order valence-corrected chi connectivity index (χ4v) is 0.497. The number of carbonyl (C=O) groups is 2. The molecule has 2 N–H and O–H groups in total. The highest BCUT2D eigenvalue weighted by molar-refractivity contribution is 6.04. The first-order valence-corrected chi connectivity index (χ1v) is 3.58. The molecule has 0 aliphatic rings. The Morgan fingerprint density at radius 1 is 1.42 bits per heavy atom. The molecular formula is C8H14NO3. The molecule has 0 aliphatic heterocycles. The van der Waals surface area contributed by atoms with E-state index < -0.39 is 23.4 Å². The molecule has 69 valence electrons. The zero-order valence-electron chi connectivity index (χ0n) is 7.59. The normalized spacial score (nSPS) is 13.8. The average Bonchev–Trinajstić information content (AvgIpc) is 1.82. The van der Waals surface area contributed by atoms with E-state index in [1.54, 1.807) is 20.8 Å². The molecule has 1 atom stereocenters. The third kappa shape index (κ3) is 4.08. The van der Waals surface area contributed by atoms with Crippen molar-refractivity contribution in [3.8, 4) is 0 Å². The molecule has 0 heterocycles. The Kier molecular flexibility index (Phi) is 3.39. The summed E-state index contributed by atoms with van der Waals surface area (Å²) < 4.78 is 4.84. The first-order valence-electron chi connectivity index (χ1n) is 3.58. The van der Waals surface area contributed by atoms with E-state index in [2.05, 4.69) is 6.92 Å². The monoisotopic (exact) mass is 172 g/mol. The molecular weight excluding hydrogens is 158 g/mol. The van der Waals surface area contributed by atoms with Crippen molar-refractivity contribution in [1.82, 2.24) is 0 Å². The highest BCUT2D eigenvalue weighted by Gasteiger charge is 2.24. The lowest BCUT2D eigenvalue weighted by atomic mass is 10.1. The first-order chi connectivity index (χ1) is 5.24. The summed E-state index contributed by atoms with van der Waals surface area (Å²) in [6.45, 7) is 8.12. The van der Waals surface area contributed by atoms with Crippen LogP contribution in [0.25, 0.3) is 0 Å². The Hall–Kier alpha value is -0.900. The summed E-state index contributed by atoms with van der Waals surface area (Å²) in [4.78, 5) is 21.5. The van der Waals surface area contributed by atoms with E-state index in [1.807, 2.05) is 0 Å². The number of Topliss-reactive ketones (excluding diaryl/α,β-unsaturated/α-hetero) is 1. The van der Waals surface area contributed by atoms with Crippen LogP contribution >= 0.6 is 0 Å². The predicted octanol–water partition coefficient (Wildman–Crippen LogP) is 0.0586. The Balaban J connectivity index is 4.15. The fourth-order valence-electron chi connectivity index (χ4n) is 0.497. The van der Waals surface area contributed by atoms with Gasteiger partial charge in [-0.3, -0.25) is 4.79 Å². The average molecular weight is 172 g/mol. The number of ether oxygens (including phenoxy) is 1. The molecule has 0 bridgehead atoms. The number of esters is 1. The Morgan fingerprint density at radius 3 is 2.08 bits per heavy atom. The first kappa shape index (κ1) is 11.1. The van der Waals surface area contributed by atoms with Gasteiger partial charge in [0.1, 0.15) is 5.60 Å². The summed E-state index contributed by atoms with van der Waals surface area (Å²) in [5.41, 5.74) is 4.56. The smallest absolute Gasteiger partial charge is 0.331 e. The van der Waals surface area contributed by atoms with Gasteiger partial charge < -0.3 is 10.5 Å². The molecule has 0 saturated heterocycles. The summed E-state index contributed by atoms with van der Waals surface area (Å²) in [6.07, 6.45) is 0. The zero-order valence-corrected chi connectivity index (χ0v) is 7.59. The molecule has 0 aromatic heterocycles. The molecule has 0 rings (SSSR count). The second-order valence-corrected chi connectivity index (χ2v) is 3.48. The summed E-state index contributed by atoms with van der Waals surface area (Å²) in [5, 5.41) is 0. The Morgan fingerprint density at radius 2 is 1.83 bits per heavy atom. The summed E-state index contributed by atoms with van der Waals surface area (Å²) in [7, 11) is 0. The number of nitrogens with two attached hydrogens (primary N) is 1. The molecule has 0 saturated carbocycles. The molecule has 0 fully saturated rings. The Bertz CT molecular complexity index is 193. The molecule has 12 heavy (non-hydrogen) atoms. The van der Waals surface area contributed by atoms with Crippen LogP contribution in [0.4, 0.5) is 0 Å². The highest BCUT2D eigenvalue weighted by atomic mass is 16.6. The lowest BCUT2D eigenvalue weighted by molar-refractivity contribution is -0.157. The van der Waals surface area contributed by atoms with Crippen LogP contribution < -0.4 is 5.73 Å². The van der Waals surface area contributed by atoms with Crippen LogP contribution in [-0.2, 0) is 14.3 Å². The van der Waals surface area contributed by atoms with Crippen LogP contribution in [0.2, 0.25) is 0 Å². The van der Waals surface area contributed by atoms with Gasteiger partial charge in [0, 0.05) is 6.92 Å². The molecule has 0 aromatic rings. The third-order valence-corrected chi connectivity index (χ3v) is 1.01. The van der Waals surface area contributed by atoms with Gasteiger partial charge in [0.05, 0.1) is 0 Å². The fraction of sp³-hybridized carbons (Fsp3) is 0.625. The van der Waals surface area contributed by atoms with Gasteiger partial charge in [-0.15, -0.1) is 0 Å². The second-order valence-electron chi connectivity index (χ2n) is 3.48. The van der Waals surface area contributed by atoms with E-state index in [9.17, 15) is 9.59 Å². The molecule has 0 spiro atoms. The third-order valence-electron chi connectivity index (χ3n) is 1.01.